The molecule has 0 aliphatic heterocycles. The lowest BCUT2D eigenvalue weighted by Gasteiger charge is -2.09. The lowest BCUT2D eigenvalue weighted by molar-refractivity contribution is -0.384. The van der Waals surface area contributed by atoms with Crippen LogP contribution in [0.5, 0.6) is 5.75 Å². The van der Waals surface area contributed by atoms with Crippen LogP contribution < -0.4 is 21.3 Å². The minimum Gasteiger partial charge on any atom is -0.497 e. The SMILES string of the molecule is COc1cccc(-n2c(=O)[nH]cc(C(=O)Nc3ccc([N+](=O)[O-])cc3)c2=O)c1. The van der Waals surface area contributed by atoms with Crippen molar-refractivity contribution in [3.63, 3.8) is 0 Å². The molecule has 1 heterocycles. The zero-order chi connectivity index (χ0) is 20.3. The van der Waals surface area contributed by atoms with Crippen molar-refractivity contribution in [3.8, 4) is 11.4 Å². The maximum absolute atomic E-state index is 12.7. The molecule has 2 aromatic carbocycles. The van der Waals surface area contributed by atoms with Crippen molar-refractivity contribution in [1.82, 2.24) is 9.55 Å². The van der Waals surface area contributed by atoms with Crippen LogP contribution in [0.4, 0.5) is 11.4 Å². The quantitative estimate of drug-likeness (QED) is 0.509. The van der Waals surface area contributed by atoms with E-state index in [1.807, 2.05) is 0 Å². The first-order valence-electron chi connectivity index (χ1n) is 7.95. The van der Waals surface area contributed by atoms with Gasteiger partial charge in [-0.25, -0.2) is 9.36 Å². The number of benzene rings is 2. The van der Waals surface area contributed by atoms with Crippen LogP contribution in [0.15, 0.2) is 64.3 Å². The average Bonchev–Trinajstić information content (AvgIpc) is 2.68. The summed E-state index contributed by atoms with van der Waals surface area (Å²) in [5.74, 6) is -0.337. The monoisotopic (exact) mass is 382 g/mol. The first-order chi connectivity index (χ1) is 13.4. The van der Waals surface area contributed by atoms with E-state index in [2.05, 4.69) is 10.3 Å². The summed E-state index contributed by atoms with van der Waals surface area (Å²) in [5.41, 5.74) is -1.49. The van der Waals surface area contributed by atoms with E-state index in [9.17, 15) is 24.5 Å². The molecule has 0 unspecified atom stereocenters. The highest BCUT2D eigenvalue weighted by atomic mass is 16.6. The van der Waals surface area contributed by atoms with Gasteiger partial charge < -0.3 is 15.0 Å². The van der Waals surface area contributed by atoms with Gasteiger partial charge in [-0.2, -0.15) is 0 Å². The molecular formula is C18H14N4O6. The molecule has 0 fully saturated rings. The zero-order valence-corrected chi connectivity index (χ0v) is 14.5. The van der Waals surface area contributed by atoms with Gasteiger partial charge in [0.1, 0.15) is 11.3 Å². The Labute approximate surface area is 157 Å². The number of amides is 1. The van der Waals surface area contributed by atoms with Crippen molar-refractivity contribution in [2.75, 3.05) is 12.4 Å². The Kier molecular flexibility index (Phi) is 5.03. The molecule has 0 radical (unpaired) electrons. The third kappa shape index (κ3) is 3.65. The second-order valence-electron chi connectivity index (χ2n) is 5.61. The minimum atomic E-state index is -0.823. The summed E-state index contributed by atoms with van der Waals surface area (Å²) >= 11 is 0. The van der Waals surface area contributed by atoms with Crippen molar-refractivity contribution in [2.45, 2.75) is 0 Å². The highest BCUT2D eigenvalue weighted by molar-refractivity contribution is 6.03. The summed E-state index contributed by atoms with van der Waals surface area (Å²) in [5, 5.41) is 13.1. The van der Waals surface area contributed by atoms with Crippen LogP contribution in [0.3, 0.4) is 0 Å². The fourth-order valence-electron chi connectivity index (χ4n) is 2.48. The average molecular weight is 382 g/mol. The normalized spacial score (nSPS) is 10.3. The standard InChI is InChI=1S/C18H14N4O6/c1-28-14-4-2-3-13(9-14)21-17(24)15(10-19-18(21)25)16(23)20-11-5-7-12(8-6-11)22(26)27/h2-10H,1H3,(H,19,25)(H,20,23). The van der Waals surface area contributed by atoms with Gasteiger partial charge in [-0.05, 0) is 24.3 Å². The molecule has 0 atom stereocenters. The number of nitro groups is 1. The third-order valence-corrected chi connectivity index (χ3v) is 3.87. The van der Waals surface area contributed by atoms with Crippen LogP contribution in [0.2, 0.25) is 0 Å². The second-order valence-corrected chi connectivity index (χ2v) is 5.61. The lowest BCUT2D eigenvalue weighted by Crippen LogP contribution is -2.38. The van der Waals surface area contributed by atoms with E-state index in [0.29, 0.717) is 5.75 Å². The predicted octanol–water partition coefficient (Wildman–Crippen LogP) is 1.69. The highest BCUT2D eigenvalue weighted by Gasteiger charge is 2.17. The van der Waals surface area contributed by atoms with E-state index in [4.69, 9.17) is 4.74 Å². The van der Waals surface area contributed by atoms with E-state index in [1.54, 1.807) is 12.1 Å². The number of carbonyl (C=O) groups excluding carboxylic acids is 1. The maximum atomic E-state index is 12.7. The van der Waals surface area contributed by atoms with Gasteiger partial charge in [-0.1, -0.05) is 6.07 Å². The van der Waals surface area contributed by atoms with Crippen LogP contribution in [-0.4, -0.2) is 27.5 Å². The van der Waals surface area contributed by atoms with E-state index in [-0.39, 0.29) is 22.6 Å². The molecule has 28 heavy (non-hydrogen) atoms. The first kappa shape index (κ1) is 18.6. The number of aromatic amines is 1. The van der Waals surface area contributed by atoms with Crippen LogP contribution in [-0.2, 0) is 0 Å². The number of ether oxygens (including phenoxy) is 1. The number of methoxy groups -OCH3 is 1. The van der Waals surface area contributed by atoms with E-state index < -0.39 is 22.1 Å². The predicted molar refractivity (Wildman–Crippen MR) is 100 cm³/mol. The minimum absolute atomic E-state index is 0.137. The molecule has 1 amide bonds. The van der Waals surface area contributed by atoms with Gasteiger partial charge in [0.2, 0.25) is 0 Å². The molecule has 1 aromatic heterocycles. The summed E-state index contributed by atoms with van der Waals surface area (Å²) in [6.45, 7) is 0. The largest absolute Gasteiger partial charge is 0.497 e. The van der Waals surface area contributed by atoms with Crippen molar-refractivity contribution in [3.05, 3.63) is 91.2 Å². The van der Waals surface area contributed by atoms with Gasteiger partial charge in [0.05, 0.1) is 17.7 Å². The first-order valence-corrected chi connectivity index (χ1v) is 7.95. The number of non-ortho nitro benzene ring substituents is 1. The van der Waals surface area contributed by atoms with Gasteiger partial charge >= 0.3 is 5.69 Å². The molecule has 0 bridgehead atoms. The Hall–Kier alpha value is -4.21. The van der Waals surface area contributed by atoms with Gasteiger partial charge in [0.15, 0.2) is 0 Å². The van der Waals surface area contributed by atoms with Crippen LogP contribution in [0.1, 0.15) is 10.4 Å². The second kappa shape index (κ2) is 7.58. The molecule has 2 N–H and O–H groups in total. The number of hydrogen-bond donors (Lipinski definition) is 2. The third-order valence-electron chi connectivity index (χ3n) is 3.87. The number of carbonyl (C=O) groups is 1. The molecule has 0 aliphatic carbocycles. The summed E-state index contributed by atoms with van der Waals surface area (Å²) < 4.78 is 5.90. The molecule has 3 rings (SSSR count). The Bertz CT molecular complexity index is 1160. The summed E-state index contributed by atoms with van der Waals surface area (Å²) in [4.78, 5) is 49.8. The zero-order valence-electron chi connectivity index (χ0n) is 14.5. The molecule has 10 nitrogen and oxygen atoms in total. The molecule has 0 saturated carbocycles. The Morgan fingerprint density at radius 3 is 2.54 bits per heavy atom. The number of anilines is 1. The lowest BCUT2D eigenvalue weighted by atomic mass is 10.2. The molecule has 142 valence electrons. The van der Waals surface area contributed by atoms with Gasteiger partial charge in [0.25, 0.3) is 17.2 Å². The number of aromatic nitrogens is 2. The Balaban J connectivity index is 1.96. The Morgan fingerprint density at radius 1 is 1.18 bits per heavy atom. The van der Waals surface area contributed by atoms with E-state index >= 15 is 0 Å². The van der Waals surface area contributed by atoms with E-state index in [0.717, 1.165) is 10.8 Å². The number of H-pyrrole nitrogens is 1. The molecule has 0 saturated heterocycles. The number of rotatable bonds is 5. The fraction of sp³-hybridized carbons (Fsp3) is 0.0556. The van der Waals surface area contributed by atoms with Crippen LogP contribution in [0.25, 0.3) is 5.69 Å². The fourth-order valence-corrected chi connectivity index (χ4v) is 2.48. The van der Waals surface area contributed by atoms with Gasteiger partial charge in [-0.3, -0.25) is 19.7 Å². The summed E-state index contributed by atoms with van der Waals surface area (Å²) in [6, 6.07) is 11.4. The molecule has 3 aromatic rings. The van der Waals surface area contributed by atoms with Crippen LogP contribution in [0, 0.1) is 10.1 Å². The number of nitro benzene ring substituents is 1. The molecule has 0 spiro atoms. The molecular weight excluding hydrogens is 368 g/mol. The number of nitrogens with zero attached hydrogens (tertiary/aromatic N) is 2. The number of hydrogen-bond acceptors (Lipinski definition) is 6. The van der Waals surface area contributed by atoms with Crippen molar-refractivity contribution >= 4 is 17.3 Å². The summed E-state index contributed by atoms with van der Waals surface area (Å²) in [7, 11) is 1.44. The number of nitrogens with one attached hydrogen (secondary N) is 2. The molecule has 10 heteroatoms. The summed E-state index contributed by atoms with van der Waals surface area (Å²) in [6.07, 6.45) is 1.02. The van der Waals surface area contributed by atoms with Crippen molar-refractivity contribution in [1.29, 1.82) is 0 Å². The van der Waals surface area contributed by atoms with Gasteiger partial charge in [0, 0.05) is 30.1 Å². The van der Waals surface area contributed by atoms with Crippen molar-refractivity contribution < 1.29 is 14.5 Å². The highest BCUT2D eigenvalue weighted by Crippen LogP contribution is 2.16. The Morgan fingerprint density at radius 2 is 1.89 bits per heavy atom. The topological polar surface area (TPSA) is 136 Å². The molecule has 0 aliphatic rings. The van der Waals surface area contributed by atoms with E-state index in [1.165, 1.54) is 43.5 Å². The van der Waals surface area contributed by atoms with Crippen LogP contribution >= 0.6 is 0 Å². The van der Waals surface area contributed by atoms with Gasteiger partial charge in [-0.15, -0.1) is 0 Å². The van der Waals surface area contributed by atoms with Crippen molar-refractivity contribution in [2.24, 2.45) is 0 Å². The smallest absolute Gasteiger partial charge is 0.333 e. The maximum Gasteiger partial charge on any atom is 0.333 e.